The van der Waals surface area contributed by atoms with E-state index < -0.39 is 0 Å². The second-order valence-electron chi connectivity index (χ2n) is 7.29. The summed E-state index contributed by atoms with van der Waals surface area (Å²) in [5.41, 5.74) is 5.88. The molecule has 32 heavy (non-hydrogen) atoms. The van der Waals surface area contributed by atoms with Crippen LogP contribution in [-0.4, -0.2) is 30.0 Å². The first-order valence-corrected chi connectivity index (χ1v) is 12.4. The van der Waals surface area contributed by atoms with Gasteiger partial charge < -0.3 is 0 Å². The molecule has 0 fully saturated rings. The maximum atomic E-state index is 13.8. The van der Waals surface area contributed by atoms with Crippen LogP contribution in [0.5, 0.6) is 0 Å². The van der Waals surface area contributed by atoms with Gasteiger partial charge >= 0.3 is 193 Å². The summed E-state index contributed by atoms with van der Waals surface area (Å²) in [5.74, 6) is -0.258. The zero-order valence-corrected chi connectivity index (χ0v) is 18.9. The fourth-order valence-corrected chi connectivity index (χ4v) is 5.69. The van der Waals surface area contributed by atoms with Gasteiger partial charge in [-0.1, -0.05) is 0 Å². The van der Waals surface area contributed by atoms with Crippen LogP contribution in [0.1, 0.15) is 11.1 Å². The van der Waals surface area contributed by atoms with Crippen molar-refractivity contribution in [1.29, 1.82) is 0 Å². The van der Waals surface area contributed by atoms with Crippen LogP contribution in [0.3, 0.4) is 0 Å². The zero-order chi connectivity index (χ0) is 21.8. The molecule has 0 aliphatic rings. The molecule has 5 heteroatoms. The summed E-state index contributed by atoms with van der Waals surface area (Å²) in [4.78, 5) is 0. The predicted octanol–water partition coefficient (Wildman–Crippen LogP) is 5.44. The molecule has 0 amide bonds. The quantitative estimate of drug-likeness (QED) is 0.238. The normalized spacial score (nSPS) is 12.0. The topological polar surface area (TPSA) is 30.7 Å². The molecular formula is C27H20FN3Se. The SMILES string of the molecule is Fc1ccc(/C(=C(\C[Se]c2ccccc2)c2ccccc2)n2nnc3ccccc32)cc1. The summed E-state index contributed by atoms with van der Waals surface area (Å²) in [6, 6.07) is 35.5. The third kappa shape index (κ3) is 4.26. The Bertz CT molecular complexity index is 1360. The molecule has 0 saturated carbocycles. The van der Waals surface area contributed by atoms with E-state index in [1.54, 1.807) is 0 Å². The number of allylic oxidation sites excluding steroid dienone is 1. The number of hydrogen-bond donors (Lipinski definition) is 0. The van der Waals surface area contributed by atoms with E-state index in [9.17, 15) is 4.39 Å². The molecule has 0 bridgehead atoms. The minimum absolute atomic E-state index is 0.216. The molecule has 0 saturated heterocycles. The Kier molecular flexibility index (Phi) is 5.93. The third-order valence-corrected chi connectivity index (χ3v) is 7.39. The van der Waals surface area contributed by atoms with Gasteiger partial charge in [-0.05, 0) is 0 Å². The number of benzene rings is 4. The molecule has 5 rings (SSSR count). The molecule has 4 aromatic carbocycles. The van der Waals surface area contributed by atoms with E-state index in [1.807, 2.05) is 65.3 Å². The number of para-hydroxylation sites is 1. The third-order valence-electron chi connectivity index (χ3n) is 5.22. The second-order valence-corrected chi connectivity index (χ2v) is 9.49. The van der Waals surface area contributed by atoms with Crippen LogP contribution in [0.15, 0.2) is 109 Å². The molecule has 3 nitrogen and oxygen atoms in total. The molecular weight excluding hydrogens is 464 g/mol. The van der Waals surface area contributed by atoms with E-state index >= 15 is 0 Å². The molecule has 0 atom stereocenters. The zero-order valence-electron chi connectivity index (χ0n) is 17.2. The minimum atomic E-state index is -0.258. The van der Waals surface area contributed by atoms with E-state index in [1.165, 1.54) is 16.6 Å². The number of halogens is 1. The van der Waals surface area contributed by atoms with Crippen molar-refractivity contribution in [1.82, 2.24) is 15.0 Å². The molecule has 0 radical (unpaired) electrons. The monoisotopic (exact) mass is 485 g/mol. The van der Waals surface area contributed by atoms with E-state index in [2.05, 4.69) is 46.7 Å². The van der Waals surface area contributed by atoms with Gasteiger partial charge in [0.25, 0.3) is 0 Å². The van der Waals surface area contributed by atoms with Crippen LogP contribution in [0.25, 0.3) is 22.3 Å². The first-order valence-electron chi connectivity index (χ1n) is 10.3. The Morgan fingerprint density at radius 1 is 0.719 bits per heavy atom. The molecule has 156 valence electrons. The number of aromatic nitrogens is 3. The Morgan fingerprint density at radius 3 is 2.12 bits per heavy atom. The van der Waals surface area contributed by atoms with Gasteiger partial charge in [0.05, 0.1) is 0 Å². The van der Waals surface area contributed by atoms with Gasteiger partial charge in [-0.2, -0.15) is 0 Å². The van der Waals surface area contributed by atoms with Gasteiger partial charge in [-0.25, -0.2) is 0 Å². The summed E-state index contributed by atoms with van der Waals surface area (Å²) >= 11 is 0.216. The Hall–Kier alpha value is -3.53. The summed E-state index contributed by atoms with van der Waals surface area (Å²) in [6.07, 6.45) is 0. The van der Waals surface area contributed by atoms with Crippen LogP contribution in [-0.2, 0) is 0 Å². The molecule has 0 unspecified atom stereocenters. The summed E-state index contributed by atoms with van der Waals surface area (Å²) in [7, 11) is 0. The average molecular weight is 484 g/mol. The van der Waals surface area contributed by atoms with Gasteiger partial charge in [0, 0.05) is 0 Å². The van der Waals surface area contributed by atoms with Crippen molar-refractivity contribution >= 4 is 41.7 Å². The van der Waals surface area contributed by atoms with Crippen LogP contribution in [0.2, 0.25) is 5.32 Å². The van der Waals surface area contributed by atoms with Crippen molar-refractivity contribution in [2.45, 2.75) is 5.32 Å². The van der Waals surface area contributed by atoms with Crippen LogP contribution in [0.4, 0.5) is 4.39 Å². The number of rotatable bonds is 6. The number of fused-ring (bicyclic) bond motifs is 1. The number of hydrogen-bond acceptors (Lipinski definition) is 2. The molecule has 0 aliphatic carbocycles. The molecule has 0 aliphatic heterocycles. The van der Waals surface area contributed by atoms with E-state index in [4.69, 9.17) is 0 Å². The standard InChI is InChI=1S/C27H20FN3Se/c28-22-17-15-21(16-18-22)27(31-26-14-8-7-13-25(26)29-30-31)24(20-9-3-1-4-10-20)19-32-23-11-5-2-6-12-23/h1-18H,19H2/b27-24-. The molecule has 0 N–H and O–H groups in total. The van der Waals surface area contributed by atoms with Crippen molar-refractivity contribution < 1.29 is 4.39 Å². The van der Waals surface area contributed by atoms with Crippen LogP contribution >= 0.6 is 0 Å². The Labute approximate surface area is 192 Å². The summed E-state index contributed by atoms with van der Waals surface area (Å²) in [5, 5.41) is 9.77. The second kappa shape index (κ2) is 9.31. The fraction of sp³-hybridized carbons (Fsp3) is 0.0370. The first-order chi connectivity index (χ1) is 15.8. The van der Waals surface area contributed by atoms with Gasteiger partial charge in [0.1, 0.15) is 0 Å². The Morgan fingerprint density at radius 2 is 1.38 bits per heavy atom. The van der Waals surface area contributed by atoms with Gasteiger partial charge in [0.2, 0.25) is 0 Å². The van der Waals surface area contributed by atoms with E-state index in [0.717, 1.165) is 38.7 Å². The fourth-order valence-electron chi connectivity index (χ4n) is 3.67. The maximum absolute atomic E-state index is 13.8. The van der Waals surface area contributed by atoms with Crippen molar-refractivity contribution in [3.63, 3.8) is 0 Å². The summed E-state index contributed by atoms with van der Waals surface area (Å²) < 4.78 is 17.0. The van der Waals surface area contributed by atoms with Gasteiger partial charge in [-0.3, -0.25) is 0 Å². The van der Waals surface area contributed by atoms with E-state index in [0.29, 0.717) is 0 Å². The van der Waals surface area contributed by atoms with Crippen molar-refractivity contribution in [2.24, 2.45) is 0 Å². The summed E-state index contributed by atoms with van der Waals surface area (Å²) in [6.45, 7) is 0. The van der Waals surface area contributed by atoms with E-state index in [-0.39, 0.29) is 20.8 Å². The van der Waals surface area contributed by atoms with Crippen LogP contribution < -0.4 is 4.46 Å². The molecule has 5 aromatic rings. The molecule has 0 spiro atoms. The number of nitrogens with zero attached hydrogens (tertiary/aromatic N) is 3. The van der Waals surface area contributed by atoms with Gasteiger partial charge in [-0.15, -0.1) is 0 Å². The first kappa shape index (κ1) is 20.4. The molecule has 1 aromatic heterocycles. The average Bonchev–Trinajstić information content (AvgIpc) is 3.27. The van der Waals surface area contributed by atoms with Crippen molar-refractivity contribution in [3.8, 4) is 0 Å². The Balaban J connectivity index is 1.74. The predicted molar refractivity (Wildman–Crippen MR) is 129 cm³/mol. The van der Waals surface area contributed by atoms with Crippen LogP contribution in [0, 0.1) is 5.82 Å². The van der Waals surface area contributed by atoms with Crippen molar-refractivity contribution in [3.05, 3.63) is 126 Å². The van der Waals surface area contributed by atoms with Crippen molar-refractivity contribution in [2.75, 3.05) is 0 Å². The van der Waals surface area contributed by atoms with Gasteiger partial charge in [0.15, 0.2) is 0 Å². The molecule has 1 heterocycles.